The number of aliphatic carboxylic acids is 1. The summed E-state index contributed by atoms with van der Waals surface area (Å²) in [5.74, 6) is -2.52. The van der Waals surface area contributed by atoms with Gasteiger partial charge in [-0.05, 0) is 67.1 Å². The standard InChI is InChI=1S/C28H25FN2O3S/c1-15-12-16(2)26-24(13-15)31-28(35-26)30-23-11-10-19(14-22(23)29)17-6-8-18(9-7-17)25(32)20-4-3-5-21(20)27(33)34/h6-14,20-21H,3-5H2,1-2H3,(H,30,31)(H,33,34)/t20-,21-/m1/s1. The molecule has 0 bridgehead atoms. The maximum Gasteiger partial charge on any atom is 0.307 e. The molecular formula is C28H25FN2O3S. The van der Waals surface area contributed by atoms with E-state index in [0.717, 1.165) is 33.3 Å². The fraction of sp³-hybridized carbons (Fsp3) is 0.250. The Morgan fingerprint density at radius 3 is 2.43 bits per heavy atom. The molecule has 0 unspecified atom stereocenters. The van der Waals surface area contributed by atoms with Crippen LogP contribution in [0.15, 0.2) is 54.6 Å². The van der Waals surface area contributed by atoms with Crippen LogP contribution in [0.3, 0.4) is 0 Å². The Kier molecular flexibility index (Phi) is 6.11. The number of anilines is 2. The topological polar surface area (TPSA) is 79.3 Å². The minimum Gasteiger partial charge on any atom is -0.481 e. The van der Waals surface area contributed by atoms with Crippen LogP contribution in [-0.4, -0.2) is 21.8 Å². The number of nitrogens with zero attached hydrogens (tertiary/aromatic N) is 1. The lowest BCUT2D eigenvalue weighted by Gasteiger charge is -2.15. The number of benzene rings is 3. The molecule has 0 amide bonds. The van der Waals surface area contributed by atoms with Gasteiger partial charge in [0.25, 0.3) is 0 Å². The number of fused-ring (bicyclic) bond motifs is 1. The van der Waals surface area contributed by atoms with E-state index >= 15 is 0 Å². The van der Waals surface area contributed by atoms with Crippen LogP contribution in [0.5, 0.6) is 0 Å². The van der Waals surface area contributed by atoms with E-state index in [0.29, 0.717) is 34.8 Å². The van der Waals surface area contributed by atoms with Crippen molar-refractivity contribution in [3.63, 3.8) is 0 Å². The molecule has 178 valence electrons. The Labute approximate surface area is 206 Å². The molecule has 1 aliphatic rings. The molecule has 5 rings (SSSR count). The largest absolute Gasteiger partial charge is 0.481 e. The molecular weight excluding hydrogens is 463 g/mol. The number of Topliss-reactive ketones (excluding diaryl/α,β-unsaturated/α-hetero) is 1. The van der Waals surface area contributed by atoms with E-state index in [9.17, 15) is 19.1 Å². The number of carbonyl (C=O) groups is 2. The van der Waals surface area contributed by atoms with Crippen LogP contribution in [0.1, 0.15) is 40.7 Å². The van der Waals surface area contributed by atoms with Gasteiger partial charge in [-0.2, -0.15) is 0 Å². The Balaban J connectivity index is 1.33. The number of carbonyl (C=O) groups excluding carboxylic acids is 1. The van der Waals surface area contributed by atoms with Crippen LogP contribution in [-0.2, 0) is 4.79 Å². The van der Waals surface area contributed by atoms with Crippen LogP contribution in [0.25, 0.3) is 21.3 Å². The van der Waals surface area contributed by atoms with Gasteiger partial charge in [-0.15, -0.1) is 0 Å². The van der Waals surface area contributed by atoms with Crippen molar-refractivity contribution >= 4 is 44.1 Å². The molecule has 35 heavy (non-hydrogen) atoms. The second kappa shape index (κ2) is 9.23. The number of carboxylic acid groups (broad SMARTS) is 1. The first-order valence-corrected chi connectivity index (χ1v) is 12.4. The number of aromatic nitrogens is 1. The first-order chi connectivity index (χ1) is 16.8. The van der Waals surface area contributed by atoms with Crippen LogP contribution in [0.2, 0.25) is 0 Å². The van der Waals surface area contributed by atoms with E-state index in [2.05, 4.69) is 16.4 Å². The van der Waals surface area contributed by atoms with Gasteiger partial charge in [-0.1, -0.05) is 54.2 Å². The number of halogens is 1. The molecule has 1 aliphatic carbocycles. The van der Waals surface area contributed by atoms with Crippen LogP contribution < -0.4 is 5.32 Å². The second-order valence-corrected chi connectivity index (χ2v) is 10.2. The average molecular weight is 489 g/mol. The van der Waals surface area contributed by atoms with E-state index in [1.807, 2.05) is 26.0 Å². The Bertz CT molecular complexity index is 1440. The summed E-state index contributed by atoms with van der Waals surface area (Å²) in [5, 5.41) is 13.1. The van der Waals surface area contributed by atoms with Gasteiger partial charge >= 0.3 is 5.97 Å². The second-order valence-electron chi connectivity index (χ2n) is 9.19. The highest BCUT2D eigenvalue weighted by atomic mass is 32.1. The number of nitrogens with one attached hydrogen (secondary N) is 1. The average Bonchev–Trinajstić information content (AvgIpc) is 3.47. The smallest absolute Gasteiger partial charge is 0.307 e. The molecule has 4 aromatic rings. The third kappa shape index (κ3) is 4.56. The summed E-state index contributed by atoms with van der Waals surface area (Å²) in [6.45, 7) is 4.07. The molecule has 2 atom stereocenters. The van der Waals surface area contributed by atoms with E-state index in [1.54, 1.807) is 30.3 Å². The first kappa shape index (κ1) is 23.2. The zero-order valence-electron chi connectivity index (χ0n) is 19.5. The van der Waals surface area contributed by atoms with E-state index in [-0.39, 0.29) is 5.78 Å². The zero-order valence-corrected chi connectivity index (χ0v) is 20.3. The summed E-state index contributed by atoms with van der Waals surface area (Å²) in [6.07, 6.45) is 1.90. The van der Waals surface area contributed by atoms with Crippen molar-refractivity contribution in [2.24, 2.45) is 11.8 Å². The highest BCUT2D eigenvalue weighted by Crippen LogP contribution is 2.36. The number of thiazole rings is 1. The third-order valence-electron chi connectivity index (χ3n) is 6.70. The lowest BCUT2D eigenvalue weighted by Crippen LogP contribution is -2.25. The Hall–Kier alpha value is -3.58. The van der Waals surface area contributed by atoms with Crippen molar-refractivity contribution in [2.75, 3.05) is 5.32 Å². The van der Waals surface area contributed by atoms with Gasteiger partial charge in [0, 0.05) is 11.5 Å². The van der Waals surface area contributed by atoms with Gasteiger partial charge in [0.15, 0.2) is 10.9 Å². The lowest BCUT2D eigenvalue weighted by molar-refractivity contribution is -0.142. The maximum atomic E-state index is 15.0. The van der Waals surface area contributed by atoms with E-state index < -0.39 is 23.6 Å². The molecule has 2 N–H and O–H groups in total. The third-order valence-corrected chi connectivity index (χ3v) is 7.83. The van der Waals surface area contributed by atoms with Gasteiger partial charge in [0.05, 0.1) is 21.8 Å². The van der Waals surface area contributed by atoms with Crippen LogP contribution >= 0.6 is 11.3 Å². The van der Waals surface area contributed by atoms with Crippen molar-refractivity contribution in [1.29, 1.82) is 0 Å². The van der Waals surface area contributed by atoms with Crippen LogP contribution in [0, 0.1) is 31.5 Å². The van der Waals surface area contributed by atoms with Gasteiger partial charge < -0.3 is 10.4 Å². The fourth-order valence-electron chi connectivity index (χ4n) is 4.95. The number of aryl methyl sites for hydroxylation is 2. The normalized spacial score (nSPS) is 17.6. The quantitative estimate of drug-likeness (QED) is 0.282. The van der Waals surface area contributed by atoms with Crippen LogP contribution in [0.4, 0.5) is 15.2 Å². The predicted molar refractivity (Wildman–Crippen MR) is 137 cm³/mol. The zero-order chi connectivity index (χ0) is 24.7. The number of carboxylic acids is 1. The monoisotopic (exact) mass is 488 g/mol. The van der Waals surface area contributed by atoms with Crippen molar-refractivity contribution in [2.45, 2.75) is 33.1 Å². The number of hydrogen-bond acceptors (Lipinski definition) is 5. The number of ketones is 1. The Morgan fingerprint density at radius 2 is 1.71 bits per heavy atom. The van der Waals surface area contributed by atoms with E-state index in [1.165, 1.54) is 17.4 Å². The number of hydrogen-bond donors (Lipinski definition) is 2. The molecule has 1 heterocycles. The summed E-state index contributed by atoms with van der Waals surface area (Å²) >= 11 is 1.50. The number of rotatable bonds is 6. The van der Waals surface area contributed by atoms with Crippen molar-refractivity contribution in [3.05, 3.63) is 77.1 Å². The van der Waals surface area contributed by atoms with Crippen molar-refractivity contribution in [1.82, 2.24) is 4.98 Å². The van der Waals surface area contributed by atoms with E-state index in [4.69, 9.17) is 0 Å². The summed E-state index contributed by atoms with van der Waals surface area (Å²) in [5.41, 5.74) is 5.48. The highest BCUT2D eigenvalue weighted by molar-refractivity contribution is 7.22. The fourth-order valence-corrected chi connectivity index (χ4v) is 5.88. The van der Waals surface area contributed by atoms with Gasteiger partial charge in [-0.3, -0.25) is 9.59 Å². The molecule has 1 saturated carbocycles. The van der Waals surface area contributed by atoms with Gasteiger partial charge in [0.2, 0.25) is 0 Å². The predicted octanol–water partition coefficient (Wildman–Crippen LogP) is 7.15. The summed E-state index contributed by atoms with van der Waals surface area (Å²) in [7, 11) is 0. The van der Waals surface area contributed by atoms with Gasteiger partial charge in [0.1, 0.15) is 5.82 Å². The minimum atomic E-state index is -0.905. The molecule has 0 saturated heterocycles. The first-order valence-electron chi connectivity index (χ1n) is 11.6. The van der Waals surface area contributed by atoms with Crippen molar-refractivity contribution < 1.29 is 19.1 Å². The molecule has 1 fully saturated rings. The maximum absolute atomic E-state index is 15.0. The molecule has 1 aromatic heterocycles. The lowest BCUT2D eigenvalue weighted by atomic mass is 9.88. The highest BCUT2D eigenvalue weighted by Gasteiger charge is 2.37. The molecule has 7 heteroatoms. The van der Waals surface area contributed by atoms with Gasteiger partial charge in [-0.25, -0.2) is 9.37 Å². The summed E-state index contributed by atoms with van der Waals surface area (Å²) in [6, 6.07) is 16.0. The SMILES string of the molecule is Cc1cc(C)c2sc(Nc3ccc(-c4ccc(C(=O)[C@@H]5CCC[C@H]5C(=O)O)cc4)cc3F)nc2c1. The minimum absolute atomic E-state index is 0.131. The summed E-state index contributed by atoms with van der Waals surface area (Å²) < 4.78 is 16.0. The molecule has 3 aromatic carbocycles. The Morgan fingerprint density at radius 1 is 1.00 bits per heavy atom. The molecule has 5 nitrogen and oxygen atoms in total. The van der Waals surface area contributed by atoms with Crippen molar-refractivity contribution in [3.8, 4) is 11.1 Å². The molecule has 0 aliphatic heterocycles. The summed E-state index contributed by atoms with van der Waals surface area (Å²) in [4.78, 5) is 28.9. The molecule has 0 radical (unpaired) electrons. The molecule has 0 spiro atoms.